The smallest absolute Gasteiger partial charge is 0.335 e. The van der Waals surface area contributed by atoms with Gasteiger partial charge in [-0.2, -0.15) is 0 Å². The van der Waals surface area contributed by atoms with Crippen molar-refractivity contribution in [2.75, 3.05) is 5.75 Å². The van der Waals surface area contributed by atoms with Gasteiger partial charge >= 0.3 is 5.97 Å². The lowest BCUT2D eigenvalue weighted by Crippen LogP contribution is -2.09. The number of carboxylic acid groups (broad SMARTS) is 1. The summed E-state index contributed by atoms with van der Waals surface area (Å²) in [7, 11) is 0. The van der Waals surface area contributed by atoms with Crippen molar-refractivity contribution in [1.82, 2.24) is 0 Å². The fourth-order valence-electron chi connectivity index (χ4n) is 1.65. The second-order valence-corrected chi connectivity index (χ2v) is 6.46. The molecule has 1 N–H and O–H groups in total. The van der Waals surface area contributed by atoms with E-state index in [1.165, 1.54) is 23.9 Å². The van der Waals surface area contributed by atoms with E-state index < -0.39 is 10.6 Å². The molecule has 0 atom stereocenters. The first kappa shape index (κ1) is 16.6. The Labute approximate surface area is 126 Å². The molecule has 0 aliphatic carbocycles. The highest BCUT2D eigenvalue weighted by molar-refractivity contribution is 7.99. The van der Waals surface area contributed by atoms with Crippen molar-refractivity contribution in [1.29, 1.82) is 0 Å². The molecule has 0 spiro atoms. The molecule has 0 saturated heterocycles. The molecule has 19 heavy (non-hydrogen) atoms. The Hall–Kier alpha value is -0.450. The Bertz CT molecular complexity index is 472. The van der Waals surface area contributed by atoms with E-state index >= 15 is 0 Å². The van der Waals surface area contributed by atoms with Crippen LogP contribution < -0.4 is 0 Å². The third kappa shape index (κ3) is 4.26. The lowest BCUT2D eigenvalue weighted by atomic mass is 10.1. The van der Waals surface area contributed by atoms with E-state index in [2.05, 4.69) is 0 Å². The second-order valence-electron chi connectivity index (χ2n) is 4.12. The van der Waals surface area contributed by atoms with Gasteiger partial charge in [-0.15, -0.1) is 11.8 Å². The van der Waals surface area contributed by atoms with Crippen LogP contribution in [0.3, 0.4) is 0 Å². The Morgan fingerprint density at radius 2 is 2.11 bits per heavy atom. The number of carboxylic acids is 1. The molecule has 106 valence electrons. The van der Waals surface area contributed by atoms with Gasteiger partial charge in [0.2, 0.25) is 0 Å². The van der Waals surface area contributed by atoms with Gasteiger partial charge in [-0.05, 0) is 30.7 Å². The van der Waals surface area contributed by atoms with Crippen LogP contribution in [0.25, 0.3) is 0 Å². The van der Waals surface area contributed by atoms with E-state index in [-0.39, 0.29) is 11.1 Å². The molecule has 0 heterocycles. The molecule has 0 radical (unpaired) electrons. The van der Waals surface area contributed by atoms with Crippen LogP contribution in [0.2, 0.25) is 0 Å². The normalized spacial score (nSPS) is 11.6. The maximum atomic E-state index is 13.8. The molecule has 0 aromatic heterocycles. The summed E-state index contributed by atoms with van der Waals surface area (Å²) in [6.07, 6.45) is 1.95. The predicted octanol–water partition coefficient (Wildman–Crippen LogP) is 5.14. The van der Waals surface area contributed by atoms with Crippen LogP contribution in [0.15, 0.2) is 17.0 Å². The van der Waals surface area contributed by atoms with E-state index in [0.717, 1.165) is 18.6 Å². The topological polar surface area (TPSA) is 37.3 Å². The van der Waals surface area contributed by atoms with Crippen LogP contribution >= 0.6 is 35.0 Å². The van der Waals surface area contributed by atoms with Crippen molar-refractivity contribution in [3.63, 3.8) is 0 Å². The van der Waals surface area contributed by atoms with Crippen molar-refractivity contribution in [2.24, 2.45) is 0 Å². The van der Waals surface area contributed by atoms with Crippen LogP contribution in [0.4, 0.5) is 4.39 Å². The number of alkyl halides is 3. The van der Waals surface area contributed by atoms with Gasteiger partial charge in [0.1, 0.15) is 0 Å². The largest absolute Gasteiger partial charge is 0.478 e. The van der Waals surface area contributed by atoms with E-state index in [9.17, 15) is 9.18 Å². The summed E-state index contributed by atoms with van der Waals surface area (Å²) in [4.78, 5) is 11.6. The number of unbranched alkanes of at least 4 members (excludes halogenated alkanes) is 1. The van der Waals surface area contributed by atoms with Gasteiger partial charge in [-0.1, -0.05) is 42.6 Å². The Morgan fingerprint density at radius 3 is 2.58 bits per heavy atom. The quantitative estimate of drug-likeness (QED) is 0.447. The lowest BCUT2D eigenvalue weighted by Gasteiger charge is -2.18. The zero-order valence-corrected chi connectivity index (χ0v) is 13.0. The minimum Gasteiger partial charge on any atom is -0.478 e. The van der Waals surface area contributed by atoms with Gasteiger partial charge in [-0.3, -0.25) is 0 Å². The first-order valence-electron chi connectivity index (χ1n) is 5.86. The zero-order chi connectivity index (χ0) is 14.6. The first-order valence-corrected chi connectivity index (χ1v) is 7.60. The van der Waals surface area contributed by atoms with Crippen LogP contribution in [-0.2, 0) is 4.59 Å². The molecule has 1 aromatic rings. The van der Waals surface area contributed by atoms with Gasteiger partial charge < -0.3 is 5.11 Å². The molecule has 0 aliphatic heterocycles. The number of benzene rings is 1. The van der Waals surface area contributed by atoms with Gasteiger partial charge in [0, 0.05) is 10.5 Å². The third-order valence-corrected chi connectivity index (χ3v) is 4.40. The minimum absolute atomic E-state index is 0.111. The summed E-state index contributed by atoms with van der Waals surface area (Å²) >= 11 is 12.4. The lowest BCUT2D eigenvalue weighted by molar-refractivity contribution is 0.0695. The number of thioether (sulfide) groups is 1. The standard InChI is InChI=1S/C13H15Cl2FO2S/c1-3-4-7-19-11-8(2)9(12(17)18)5-6-10(11)13(14,15)16/h5-6H,3-4,7H2,1-2H3,(H,17,18). The maximum Gasteiger partial charge on any atom is 0.335 e. The first-order chi connectivity index (χ1) is 8.79. The molecule has 0 aliphatic rings. The molecule has 0 fully saturated rings. The van der Waals surface area contributed by atoms with E-state index in [4.69, 9.17) is 28.3 Å². The molecule has 0 bridgehead atoms. The fourth-order valence-corrected chi connectivity index (χ4v) is 3.41. The van der Waals surface area contributed by atoms with E-state index in [1.807, 2.05) is 6.92 Å². The average molecular weight is 325 g/mol. The highest BCUT2D eigenvalue weighted by Gasteiger charge is 2.30. The molecule has 0 amide bonds. The van der Waals surface area contributed by atoms with Crippen molar-refractivity contribution in [3.8, 4) is 0 Å². The number of halogens is 3. The second kappa shape index (κ2) is 6.82. The average Bonchev–Trinajstić information content (AvgIpc) is 2.29. The number of rotatable bonds is 6. The summed E-state index contributed by atoms with van der Waals surface area (Å²) in [6, 6.07) is 2.67. The summed E-state index contributed by atoms with van der Waals surface area (Å²) in [5, 5.41) is 9.09. The van der Waals surface area contributed by atoms with Gasteiger partial charge in [0.05, 0.1) is 5.56 Å². The monoisotopic (exact) mass is 324 g/mol. The third-order valence-electron chi connectivity index (χ3n) is 2.69. The molecule has 6 heteroatoms. The highest BCUT2D eigenvalue weighted by Crippen LogP contribution is 2.43. The van der Waals surface area contributed by atoms with Crippen LogP contribution in [0.1, 0.15) is 41.3 Å². The molecule has 0 saturated carbocycles. The van der Waals surface area contributed by atoms with Gasteiger partial charge in [-0.25, -0.2) is 9.18 Å². The Morgan fingerprint density at radius 1 is 1.47 bits per heavy atom. The number of hydrogen-bond donors (Lipinski definition) is 1. The fraction of sp³-hybridized carbons (Fsp3) is 0.462. The molecule has 1 aromatic carbocycles. The number of hydrogen-bond acceptors (Lipinski definition) is 2. The van der Waals surface area contributed by atoms with Crippen LogP contribution in [-0.4, -0.2) is 16.8 Å². The summed E-state index contributed by atoms with van der Waals surface area (Å²) in [6.45, 7) is 3.69. The SMILES string of the molecule is CCCCSc1c(C(F)(Cl)Cl)ccc(C(=O)O)c1C. The van der Waals surface area contributed by atoms with Gasteiger partial charge in [0.15, 0.2) is 0 Å². The maximum absolute atomic E-state index is 13.8. The van der Waals surface area contributed by atoms with Crippen molar-refractivity contribution in [2.45, 2.75) is 36.2 Å². The van der Waals surface area contributed by atoms with Crippen LogP contribution in [0, 0.1) is 6.92 Å². The molecular weight excluding hydrogens is 310 g/mol. The molecule has 0 unspecified atom stereocenters. The van der Waals surface area contributed by atoms with E-state index in [1.54, 1.807) is 6.92 Å². The molecule has 2 nitrogen and oxygen atoms in total. The highest BCUT2D eigenvalue weighted by atomic mass is 35.5. The molecule has 1 rings (SSSR count). The van der Waals surface area contributed by atoms with Crippen molar-refractivity contribution < 1.29 is 14.3 Å². The Balaban J connectivity index is 3.25. The summed E-state index contributed by atoms with van der Waals surface area (Å²) < 4.78 is 11.3. The Kier molecular flexibility index (Phi) is 5.96. The zero-order valence-electron chi connectivity index (χ0n) is 10.7. The van der Waals surface area contributed by atoms with Gasteiger partial charge in [0.25, 0.3) is 4.59 Å². The summed E-state index contributed by atoms with van der Waals surface area (Å²) in [5.41, 5.74) is 0.745. The number of aromatic carboxylic acids is 1. The molecular formula is C13H15Cl2FO2S. The van der Waals surface area contributed by atoms with Crippen molar-refractivity contribution >= 4 is 40.9 Å². The summed E-state index contributed by atoms with van der Waals surface area (Å²) in [5.74, 6) is -0.285. The minimum atomic E-state index is -2.52. The number of carbonyl (C=O) groups is 1. The predicted molar refractivity (Wildman–Crippen MR) is 78.3 cm³/mol. The van der Waals surface area contributed by atoms with Crippen LogP contribution in [0.5, 0.6) is 0 Å². The van der Waals surface area contributed by atoms with Crippen molar-refractivity contribution in [3.05, 3.63) is 28.8 Å². The van der Waals surface area contributed by atoms with E-state index in [0.29, 0.717) is 10.5 Å².